The van der Waals surface area contributed by atoms with Crippen LogP contribution in [0.2, 0.25) is 0 Å². The van der Waals surface area contributed by atoms with Crippen molar-refractivity contribution in [1.29, 1.82) is 0 Å². The Bertz CT molecular complexity index is 571. The van der Waals surface area contributed by atoms with Gasteiger partial charge in [0, 0.05) is 12.6 Å². The minimum Gasteiger partial charge on any atom is -0.497 e. The molecule has 0 radical (unpaired) electrons. The molecule has 1 fully saturated rings. The van der Waals surface area contributed by atoms with Crippen LogP contribution in [0.3, 0.4) is 0 Å². The largest absolute Gasteiger partial charge is 0.497 e. The van der Waals surface area contributed by atoms with Crippen molar-refractivity contribution >= 4 is 11.8 Å². The molecular formula is C18H27N3O3. The second kappa shape index (κ2) is 8.15. The zero-order valence-corrected chi connectivity index (χ0v) is 14.7. The minimum atomic E-state index is -0.412. The molecule has 0 spiro atoms. The number of nitrogens with zero attached hydrogens (tertiary/aromatic N) is 2. The molecule has 1 unspecified atom stereocenters. The molecule has 0 saturated carbocycles. The third-order valence-corrected chi connectivity index (χ3v) is 4.50. The van der Waals surface area contributed by atoms with E-state index in [0.717, 1.165) is 30.7 Å². The molecular weight excluding hydrogens is 306 g/mol. The first-order chi connectivity index (χ1) is 11.4. The van der Waals surface area contributed by atoms with E-state index in [1.165, 1.54) is 0 Å². The minimum absolute atomic E-state index is 0.0447. The Labute approximate surface area is 143 Å². The standard InChI is InChI=1S/C18H27N3O3/c1-13(2)20(11-17(19)22)12-18(23)21-10-4-5-16(21)14-6-8-15(24-3)9-7-14/h6-9,13,16H,4-5,10-12H2,1-3H3,(H2,19,22). The summed E-state index contributed by atoms with van der Waals surface area (Å²) in [6.07, 6.45) is 1.94. The van der Waals surface area contributed by atoms with Gasteiger partial charge in [0.2, 0.25) is 11.8 Å². The zero-order valence-electron chi connectivity index (χ0n) is 14.7. The number of carbonyl (C=O) groups excluding carboxylic acids is 2. The van der Waals surface area contributed by atoms with Crippen molar-refractivity contribution in [3.8, 4) is 5.75 Å². The molecule has 0 bridgehead atoms. The number of methoxy groups -OCH3 is 1. The zero-order chi connectivity index (χ0) is 17.7. The number of benzene rings is 1. The van der Waals surface area contributed by atoms with Crippen LogP contribution in [0.1, 0.15) is 38.3 Å². The molecule has 132 valence electrons. The van der Waals surface area contributed by atoms with Gasteiger partial charge in [0.05, 0.1) is 26.2 Å². The molecule has 2 rings (SSSR count). The lowest BCUT2D eigenvalue weighted by atomic mass is 10.0. The number of ether oxygens (including phenoxy) is 1. The summed E-state index contributed by atoms with van der Waals surface area (Å²) in [6.45, 7) is 4.98. The van der Waals surface area contributed by atoms with Gasteiger partial charge in [-0.15, -0.1) is 0 Å². The Morgan fingerprint density at radius 3 is 2.50 bits per heavy atom. The summed E-state index contributed by atoms with van der Waals surface area (Å²) in [5, 5.41) is 0. The van der Waals surface area contributed by atoms with Gasteiger partial charge in [-0.05, 0) is 44.4 Å². The summed E-state index contributed by atoms with van der Waals surface area (Å²) in [7, 11) is 1.64. The van der Waals surface area contributed by atoms with E-state index in [1.807, 2.05) is 47.9 Å². The van der Waals surface area contributed by atoms with Crippen LogP contribution in [0, 0.1) is 0 Å². The molecule has 1 heterocycles. The van der Waals surface area contributed by atoms with E-state index in [1.54, 1.807) is 7.11 Å². The van der Waals surface area contributed by atoms with E-state index in [4.69, 9.17) is 10.5 Å². The van der Waals surface area contributed by atoms with Gasteiger partial charge in [-0.1, -0.05) is 12.1 Å². The SMILES string of the molecule is COc1ccc(C2CCCN2C(=O)CN(CC(N)=O)C(C)C)cc1. The number of likely N-dealkylation sites (tertiary alicyclic amines) is 1. The van der Waals surface area contributed by atoms with E-state index in [2.05, 4.69) is 0 Å². The maximum absolute atomic E-state index is 12.8. The van der Waals surface area contributed by atoms with Crippen molar-refractivity contribution in [1.82, 2.24) is 9.80 Å². The molecule has 0 aliphatic carbocycles. The second-order valence-corrected chi connectivity index (χ2v) is 6.48. The van der Waals surface area contributed by atoms with E-state index in [-0.39, 0.29) is 31.1 Å². The fourth-order valence-corrected chi connectivity index (χ4v) is 3.12. The van der Waals surface area contributed by atoms with Crippen molar-refractivity contribution in [3.05, 3.63) is 29.8 Å². The second-order valence-electron chi connectivity index (χ2n) is 6.48. The Kier molecular flexibility index (Phi) is 6.20. The Hall–Kier alpha value is -2.08. The van der Waals surface area contributed by atoms with Crippen LogP contribution in [-0.2, 0) is 9.59 Å². The summed E-state index contributed by atoms with van der Waals surface area (Å²) in [5.74, 6) is 0.440. The van der Waals surface area contributed by atoms with Crippen LogP contribution in [0.5, 0.6) is 5.75 Å². The van der Waals surface area contributed by atoms with Gasteiger partial charge in [-0.2, -0.15) is 0 Å². The third kappa shape index (κ3) is 4.47. The van der Waals surface area contributed by atoms with Gasteiger partial charge >= 0.3 is 0 Å². The third-order valence-electron chi connectivity index (χ3n) is 4.50. The Balaban J connectivity index is 2.07. The van der Waals surface area contributed by atoms with Gasteiger partial charge < -0.3 is 15.4 Å². The number of nitrogens with two attached hydrogens (primary N) is 1. The van der Waals surface area contributed by atoms with Crippen molar-refractivity contribution in [2.24, 2.45) is 5.73 Å². The highest BCUT2D eigenvalue weighted by Gasteiger charge is 2.31. The lowest BCUT2D eigenvalue weighted by molar-refractivity contribution is -0.134. The first kappa shape index (κ1) is 18.3. The highest BCUT2D eigenvalue weighted by molar-refractivity contribution is 5.81. The summed E-state index contributed by atoms with van der Waals surface area (Å²) >= 11 is 0. The molecule has 1 saturated heterocycles. The van der Waals surface area contributed by atoms with Gasteiger partial charge in [0.25, 0.3) is 0 Å². The fraction of sp³-hybridized carbons (Fsp3) is 0.556. The number of hydrogen-bond donors (Lipinski definition) is 1. The van der Waals surface area contributed by atoms with Crippen LogP contribution in [0.25, 0.3) is 0 Å². The first-order valence-electron chi connectivity index (χ1n) is 8.38. The van der Waals surface area contributed by atoms with Crippen molar-refractivity contribution in [2.75, 3.05) is 26.7 Å². The lowest BCUT2D eigenvalue weighted by Gasteiger charge is -2.30. The number of primary amides is 1. The van der Waals surface area contributed by atoms with Crippen LogP contribution in [-0.4, -0.2) is 54.4 Å². The topological polar surface area (TPSA) is 75.9 Å². The number of hydrogen-bond acceptors (Lipinski definition) is 4. The van der Waals surface area contributed by atoms with Crippen molar-refractivity contribution in [3.63, 3.8) is 0 Å². The average molecular weight is 333 g/mol. The fourth-order valence-electron chi connectivity index (χ4n) is 3.12. The van der Waals surface area contributed by atoms with Gasteiger partial charge in [0.15, 0.2) is 0 Å². The Morgan fingerprint density at radius 2 is 1.96 bits per heavy atom. The van der Waals surface area contributed by atoms with E-state index < -0.39 is 5.91 Å². The van der Waals surface area contributed by atoms with Gasteiger partial charge in [0.1, 0.15) is 5.75 Å². The number of amides is 2. The molecule has 24 heavy (non-hydrogen) atoms. The molecule has 1 aromatic rings. The molecule has 1 aromatic carbocycles. The normalized spacial score (nSPS) is 17.5. The molecule has 6 nitrogen and oxygen atoms in total. The van der Waals surface area contributed by atoms with E-state index >= 15 is 0 Å². The molecule has 0 aromatic heterocycles. The quantitative estimate of drug-likeness (QED) is 0.821. The average Bonchev–Trinajstić information content (AvgIpc) is 3.03. The summed E-state index contributed by atoms with van der Waals surface area (Å²) in [6, 6.07) is 8.04. The first-order valence-corrected chi connectivity index (χ1v) is 8.38. The predicted molar refractivity (Wildman–Crippen MR) is 92.6 cm³/mol. The summed E-state index contributed by atoms with van der Waals surface area (Å²) in [4.78, 5) is 27.7. The molecule has 1 aliphatic rings. The van der Waals surface area contributed by atoms with E-state index in [9.17, 15) is 9.59 Å². The molecule has 6 heteroatoms. The van der Waals surface area contributed by atoms with Crippen LogP contribution >= 0.6 is 0 Å². The van der Waals surface area contributed by atoms with Crippen molar-refractivity contribution < 1.29 is 14.3 Å². The lowest BCUT2D eigenvalue weighted by Crippen LogP contribution is -2.46. The molecule has 2 amide bonds. The molecule has 1 atom stereocenters. The van der Waals surface area contributed by atoms with Gasteiger partial charge in [-0.3, -0.25) is 14.5 Å². The highest BCUT2D eigenvalue weighted by Crippen LogP contribution is 2.32. The number of rotatable bonds is 7. The number of carbonyl (C=O) groups is 2. The smallest absolute Gasteiger partial charge is 0.237 e. The van der Waals surface area contributed by atoms with Crippen molar-refractivity contribution in [2.45, 2.75) is 38.8 Å². The highest BCUT2D eigenvalue weighted by atomic mass is 16.5. The van der Waals surface area contributed by atoms with E-state index in [0.29, 0.717) is 0 Å². The Morgan fingerprint density at radius 1 is 1.29 bits per heavy atom. The van der Waals surface area contributed by atoms with Crippen LogP contribution in [0.4, 0.5) is 0 Å². The molecule has 1 aliphatic heterocycles. The maximum Gasteiger partial charge on any atom is 0.237 e. The monoisotopic (exact) mass is 333 g/mol. The predicted octanol–water partition coefficient (Wildman–Crippen LogP) is 1.55. The van der Waals surface area contributed by atoms with Crippen LogP contribution in [0.15, 0.2) is 24.3 Å². The maximum atomic E-state index is 12.8. The van der Waals surface area contributed by atoms with Crippen LogP contribution < -0.4 is 10.5 Å². The summed E-state index contributed by atoms with van der Waals surface area (Å²) in [5.41, 5.74) is 6.41. The van der Waals surface area contributed by atoms with Gasteiger partial charge in [-0.25, -0.2) is 0 Å². The molecule has 2 N–H and O–H groups in total. The summed E-state index contributed by atoms with van der Waals surface area (Å²) < 4.78 is 5.19.